The Bertz CT molecular complexity index is 713. The molecule has 0 spiro atoms. The summed E-state index contributed by atoms with van der Waals surface area (Å²) in [7, 11) is 0. The van der Waals surface area contributed by atoms with E-state index in [1.807, 2.05) is 13.8 Å². The monoisotopic (exact) mass is 404 g/mol. The zero-order valence-electron chi connectivity index (χ0n) is 16.3. The number of carbonyl (C=O) groups excluding carboxylic acids is 3. The highest BCUT2D eigenvalue weighted by atomic mass is 32.1. The summed E-state index contributed by atoms with van der Waals surface area (Å²) >= 11 is 4.98. The standard InChI is InChI=1S/C20H28N4O3S/c1-13(2)12-17(25)22-20(28)24-23-19(27)15-8-10-16(11-9-15)21-18(26)14-6-4-3-5-7-14/h8-11,13-14H,3-7,12H2,1-2H3,(H,21,26)(H,23,27)(H2,22,24,25,28). The minimum absolute atomic E-state index is 0.0374. The molecule has 0 radical (unpaired) electrons. The van der Waals surface area contributed by atoms with Crippen LogP contribution in [0.3, 0.4) is 0 Å². The van der Waals surface area contributed by atoms with Crippen molar-refractivity contribution in [1.82, 2.24) is 16.2 Å². The van der Waals surface area contributed by atoms with Crippen molar-refractivity contribution in [3.8, 4) is 0 Å². The van der Waals surface area contributed by atoms with Gasteiger partial charge in [-0.1, -0.05) is 33.1 Å². The maximum atomic E-state index is 12.3. The topological polar surface area (TPSA) is 99.3 Å². The molecule has 0 bridgehead atoms. The zero-order chi connectivity index (χ0) is 20.5. The molecule has 28 heavy (non-hydrogen) atoms. The van der Waals surface area contributed by atoms with Crippen LogP contribution >= 0.6 is 12.2 Å². The van der Waals surface area contributed by atoms with Gasteiger partial charge >= 0.3 is 0 Å². The zero-order valence-corrected chi connectivity index (χ0v) is 17.2. The Balaban J connectivity index is 1.78. The number of benzene rings is 1. The Morgan fingerprint density at radius 3 is 2.29 bits per heavy atom. The summed E-state index contributed by atoms with van der Waals surface area (Å²) in [6.07, 6.45) is 5.63. The molecule has 1 aliphatic rings. The van der Waals surface area contributed by atoms with Gasteiger partial charge in [-0.15, -0.1) is 0 Å². The fourth-order valence-electron chi connectivity index (χ4n) is 3.08. The molecule has 1 fully saturated rings. The number of hydrazine groups is 1. The van der Waals surface area contributed by atoms with Gasteiger partial charge in [0.05, 0.1) is 0 Å². The minimum atomic E-state index is -0.398. The number of rotatable bonds is 5. The Kier molecular flexibility index (Phi) is 8.38. The summed E-state index contributed by atoms with van der Waals surface area (Å²) in [6.45, 7) is 3.86. The molecule has 7 nitrogen and oxygen atoms in total. The normalized spacial score (nSPS) is 14.2. The minimum Gasteiger partial charge on any atom is -0.326 e. The van der Waals surface area contributed by atoms with Gasteiger partial charge in [0.1, 0.15) is 0 Å². The van der Waals surface area contributed by atoms with Crippen molar-refractivity contribution in [2.45, 2.75) is 52.4 Å². The Morgan fingerprint density at radius 1 is 1.04 bits per heavy atom. The van der Waals surface area contributed by atoms with Gasteiger partial charge < -0.3 is 10.6 Å². The second kappa shape index (κ2) is 10.8. The summed E-state index contributed by atoms with van der Waals surface area (Å²) in [5.74, 6) is -0.270. The van der Waals surface area contributed by atoms with Gasteiger partial charge in [-0.3, -0.25) is 25.2 Å². The number of carbonyl (C=O) groups is 3. The van der Waals surface area contributed by atoms with E-state index in [9.17, 15) is 14.4 Å². The first-order valence-corrected chi connectivity index (χ1v) is 10.1. The van der Waals surface area contributed by atoms with Crippen molar-refractivity contribution >= 4 is 40.7 Å². The van der Waals surface area contributed by atoms with Crippen molar-refractivity contribution in [1.29, 1.82) is 0 Å². The second-order valence-corrected chi connectivity index (χ2v) is 7.86. The molecular weight excluding hydrogens is 376 g/mol. The molecule has 1 saturated carbocycles. The third-order valence-corrected chi connectivity index (χ3v) is 4.73. The number of amides is 3. The van der Waals surface area contributed by atoms with E-state index in [4.69, 9.17) is 12.2 Å². The number of hydrogen-bond donors (Lipinski definition) is 4. The molecule has 4 N–H and O–H groups in total. The third-order valence-electron chi connectivity index (χ3n) is 4.53. The molecule has 3 amide bonds. The fraction of sp³-hybridized carbons (Fsp3) is 0.500. The van der Waals surface area contributed by atoms with Gasteiger partial charge in [-0.05, 0) is 55.2 Å². The van der Waals surface area contributed by atoms with E-state index >= 15 is 0 Å². The van der Waals surface area contributed by atoms with E-state index in [0.29, 0.717) is 17.7 Å². The number of hydrogen-bond acceptors (Lipinski definition) is 4. The van der Waals surface area contributed by atoms with Gasteiger partial charge in [0, 0.05) is 23.6 Å². The fourth-order valence-corrected chi connectivity index (χ4v) is 3.24. The van der Waals surface area contributed by atoms with E-state index in [2.05, 4.69) is 21.5 Å². The summed E-state index contributed by atoms with van der Waals surface area (Å²) in [5.41, 5.74) is 6.01. The molecular formula is C20H28N4O3S. The number of nitrogens with one attached hydrogen (secondary N) is 4. The Morgan fingerprint density at radius 2 is 1.68 bits per heavy atom. The van der Waals surface area contributed by atoms with Crippen LogP contribution in [-0.2, 0) is 9.59 Å². The summed E-state index contributed by atoms with van der Waals surface area (Å²) in [6, 6.07) is 6.62. The van der Waals surface area contributed by atoms with Gasteiger partial charge in [0.25, 0.3) is 5.91 Å². The van der Waals surface area contributed by atoms with Gasteiger partial charge in [0.2, 0.25) is 11.8 Å². The van der Waals surface area contributed by atoms with Crippen molar-refractivity contribution in [2.24, 2.45) is 11.8 Å². The molecule has 0 saturated heterocycles. The van der Waals surface area contributed by atoms with Crippen molar-refractivity contribution in [3.63, 3.8) is 0 Å². The average Bonchev–Trinajstić information content (AvgIpc) is 2.66. The maximum Gasteiger partial charge on any atom is 0.269 e. The molecule has 1 aromatic carbocycles. The summed E-state index contributed by atoms with van der Waals surface area (Å²) in [4.78, 5) is 36.1. The van der Waals surface area contributed by atoms with Crippen LogP contribution in [-0.4, -0.2) is 22.8 Å². The molecule has 1 aromatic rings. The van der Waals surface area contributed by atoms with Crippen LogP contribution in [0.1, 0.15) is 62.7 Å². The van der Waals surface area contributed by atoms with Crippen LogP contribution in [0, 0.1) is 11.8 Å². The van der Waals surface area contributed by atoms with Gasteiger partial charge in [-0.25, -0.2) is 0 Å². The molecule has 2 rings (SSSR count). The lowest BCUT2D eigenvalue weighted by molar-refractivity contribution is -0.121. The highest BCUT2D eigenvalue weighted by Crippen LogP contribution is 2.25. The van der Waals surface area contributed by atoms with E-state index in [-0.39, 0.29) is 28.8 Å². The van der Waals surface area contributed by atoms with Crippen LogP contribution in [0.4, 0.5) is 5.69 Å². The highest BCUT2D eigenvalue weighted by Gasteiger charge is 2.21. The second-order valence-electron chi connectivity index (χ2n) is 7.46. The lowest BCUT2D eigenvalue weighted by Crippen LogP contribution is -2.48. The van der Waals surface area contributed by atoms with E-state index < -0.39 is 5.91 Å². The van der Waals surface area contributed by atoms with Gasteiger partial charge in [-0.2, -0.15) is 0 Å². The molecule has 0 heterocycles. The largest absolute Gasteiger partial charge is 0.326 e. The molecule has 1 aliphatic carbocycles. The maximum absolute atomic E-state index is 12.3. The number of thiocarbonyl (C=S) groups is 1. The highest BCUT2D eigenvalue weighted by molar-refractivity contribution is 7.80. The smallest absolute Gasteiger partial charge is 0.269 e. The lowest BCUT2D eigenvalue weighted by atomic mass is 9.88. The quantitative estimate of drug-likeness (QED) is 0.447. The number of anilines is 1. The summed E-state index contributed by atoms with van der Waals surface area (Å²) in [5, 5.41) is 5.45. The van der Waals surface area contributed by atoms with Crippen LogP contribution < -0.4 is 21.5 Å². The average molecular weight is 405 g/mol. The first-order valence-electron chi connectivity index (χ1n) is 9.66. The molecule has 8 heteroatoms. The molecule has 152 valence electrons. The lowest BCUT2D eigenvalue weighted by Gasteiger charge is -2.20. The van der Waals surface area contributed by atoms with Crippen LogP contribution in [0.2, 0.25) is 0 Å². The van der Waals surface area contributed by atoms with Crippen LogP contribution in [0.5, 0.6) is 0 Å². The van der Waals surface area contributed by atoms with Crippen molar-refractivity contribution < 1.29 is 14.4 Å². The molecule has 0 aromatic heterocycles. The van der Waals surface area contributed by atoms with E-state index in [0.717, 1.165) is 25.7 Å². The molecule has 0 unspecified atom stereocenters. The van der Waals surface area contributed by atoms with E-state index in [1.54, 1.807) is 24.3 Å². The predicted octanol–water partition coefficient (Wildman–Crippen LogP) is 2.89. The Labute approximate surface area is 171 Å². The first kappa shape index (κ1) is 21.8. The first-order chi connectivity index (χ1) is 13.3. The van der Waals surface area contributed by atoms with E-state index in [1.165, 1.54) is 6.42 Å². The molecule has 0 atom stereocenters. The van der Waals surface area contributed by atoms with Crippen LogP contribution in [0.15, 0.2) is 24.3 Å². The summed E-state index contributed by atoms with van der Waals surface area (Å²) < 4.78 is 0. The molecule has 0 aliphatic heterocycles. The SMILES string of the molecule is CC(C)CC(=O)NC(=S)NNC(=O)c1ccc(NC(=O)C2CCCCC2)cc1. The third kappa shape index (κ3) is 7.26. The van der Waals surface area contributed by atoms with Crippen LogP contribution in [0.25, 0.3) is 0 Å². The van der Waals surface area contributed by atoms with Gasteiger partial charge in [0.15, 0.2) is 5.11 Å². The predicted molar refractivity (Wildman–Crippen MR) is 112 cm³/mol. The van der Waals surface area contributed by atoms with Crippen molar-refractivity contribution in [2.75, 3.05) is 5.32 Å². The van der Waals surface area contributed by atoms with Crippen molar-refractivity contribution in [3.05, 3.63) is 29.8 Å². The Hall–Kier alpha value is -2.48.